The Morgan fingerprint density at radius 2 is 2.25 bits per heavy atom. The number of aromatic hydroxyl groups is 1. The van der Waals surface area contributed by atoms with Crippen molar-refractivity contribution < 1.29 is 10.0 Å². The Bertz CT molecular complexity index is 368. The number of hydrogen-bond donors (Lipinski definition) is 1. The molecule has 0 atom stereocenters. The first-order chi connectivity index (χ1) is 7.65. The second kappa shape index (κ2) is 6.37. The van der Waals surface area contributed by atoms with Crippen LogP contribution in [-0.2, 0) is 5.75 Å². The van der Waals surface area contributed by atoms with Crippen LogP contribution in [0.2, 0.25) is 0 Å². The number of thioether (sulfide) groups is 1. The summed E-state index contributed by atoms with van der Waals surface area (Å²) in [6, 6.07) is 4.14. The number of benzene rings is 1. The van der Waals surface area contributed by atoms with Gasteiger partial charge in [0.25, 0.3) is 5.69 Å². The molecular formula is C11H15NO3S. The van der Waals surface area contributed by atoms with E-state index in [9.17, 15) is 15.2 Å². The Morgan fingerprint density at radius 1 is 1.50 bits per heavy atom. The average molecular weight is 241 g/mol. The molecule has 0 aliphatic heterocycles. The minimum atomic E-state index is -0.445. The van der Waals surface area contributed by atoms with Gasteiger partial charge in [-0.15, -0.1) is 0 Å². The highest BCUT2D eigenvalue weighted by Gasteiger charge is 2.09. The Morgan fingerprint density at radius 3 is 2.88 bits per heavy atom. The van der Waals surface area contributed by atoms with Crippen molar-refractivity contribution in [2.75, 3.05) is 5.75 Å². The topological polar surface area (TPSA) is 63.4 Å². The largest absolute Gasteiger partial charge is 0.508 e. The van der Waals surface area contributed by atoms with Crippen molar-refractivity contribution in [1.82, 2.24) is 0 Å². The van der Waals surface area contributed by atoms with Gasteiger partial charge in [0.2, 0.25) is 0 Å². The molecule has 0 aliphatic rings. The van der Waals surface area contributed by atoms with Gasteiger partial charge in [0, 0.05) is 23.4 Å². The van der Waals surface area contributed by atoms with Crippen LogP contribution in [0.3, 0.4) is 0 Å². The first-order valence-corrected chi connectivity index (χ1v) is 6.34. The second-order valence-corrected chi connectivity index (χ2v) is 4.58. The fraction of sp³-hybridized carbons (Fsp3) is 0.455. The van der Waals surface area contributed by atoms with Crippen LogP contribution in [0, 0.1) is 10.1 Å². The average Bonchev–Trinajstić information content (AvgIpc) is 2.26. The number of unbranched alkanes of at least 4 members (excludes halogenated alkanes) is 1. The fourth-order valence-electron chi connectivity index (χ4n) is 1.23. The summed E-state index contributed by atoms with van der Waals surface area (Å²) >= 11 is 1.68. The molecule has 1 rings (SSSR count). The van der Waals surface area contributed by atoms with Crippen molar-refractivity contribution in [3.8, 4) is 5.75 Å². The summed E-state index contributed by atoms with van der Waals surface area (Å²) in [5.74, 6) is 1.76. The second-order valence-electron chi connectivity index (χ2n) is 3.48. The van der Waals surface area contributed by atoms with Crippen LogP contribution in [0.25, 0.3) is 0 Å². The lowest BCUT2D eigenvalue weighted by Gasteiger charge is -2.04. The molecule has 5 heteroatoms. The van der Waals surface area contributed by atoms with Crippen LogP contribution in [-0.4, -0.2) is 15.8 Å². The normalized spacial score (nSPS) is 10.3. The number of nitro groups is 1. The molecule has 0 aliphatic carbocycles. The highest BCUT2D eigenvalue weighted by molar-refractivity contribution is 7.98. The van der Waals surface area contributed by atoms with Crippen molar-refractivity contribution in [2.24, 2.45) is 0 Å². The van der Waals surface area contributed by atoms with E-state index >= 15 is 0 Å². The smallest absolute Gasteiger partial charge is 0.270 e. The SMILES string of the molecule is CCCCSCc1cc([N+](=O)[O-])ccc1O. The minimum Gasteiger partial charge on any atom is -0.508 e. The first kappa shape index (κ1) is 12.8. The predicted molar refractivity (Wildman–Crippen MR) is 65.8 cm³/mol. The Balaban J connectivity index is 2.63. The van der Waals surface area contributed by atoms with Crippen molar-refractivity contribution in [3.63, 3.8) is 0 Å². The van der Waals surface area contributed by atoms with E-state index in [-0.39, 0.29) is 11.4 Å². The quantitative estimate of drug-likeness (QED) is 0.471. The zero-order valence-electron chi connectivity index (χ0n) is 9.18. The third-order valence-electron chi connectivity index (χ3n) is 2.17. The molecular weight excluding hydrogens is 226 g/mol. The molecule has 0 aromatic heterocycles. The molecule has 0 saturated heterocycles. The van der Waals surface area contributed by atoms with E-state index in [0.717, 1.165) is 18.6 Å². The van der Waals surface area contributed by atoms with E-state index in [4.69, 9.17) is 0 Å². The molecule has 1 aromatic rings. The monoisotopic (exact) mass is 241 g/mol. The highest BCUT2D eigenvalue weighted by atomic mass is 32.2. The summed E-state index contributed by atoms with van der Waals surface area (Å²) in [5, 5.41) is 20.1. The molecule has 0 saturated carbocycles. The van der Waals surface area contributed by atoms with Crippen LogP contribution >= 0.6 is 11.8 Å². The molecule has 4 nitrogen and oxygen atoms in total. The van der Waals surface area contributed by atoms with Gasteiger partial charge in [-0.25, -0.2) is 0 Å². The molecule has 88 valence electrons. The van der Waals surface area contributed by atoms with Gasteiger partial charge in [-0.3, -0.25) is 10.1 Å². The molecule has 16 heavy (non-hydrogen) atoms. The lowest BCUT2D eigenvalue weighted by Crippen LogP contribution is -1.91. The van der Waals surface area contributed by atoms with Crippen LogP contribution in [0.15, 0.2) is 18.2 Å². The Kier molecular flexibility index (Phi) is 5.11. The van der Waals surface area contributed by atoms with Gasteiger partial charge in [-0.2, -0.15) is 11.8 Å². The molecule has 0 fully saturated rings. The number of nitrogens with zero attached hydrogens (tertiary/aromatic N) is 1. The number of phenols is 1. The molecule has 0 unspecified atom stereocenters. The van der Waals surface area contributed by atoms with E-state index < -0.39 is 4.92 Å². The maximum Gasteiger partial charge on any atom is 0.270 e. The zero-order valence-corrected chi connectivity index (χ0v) is 10.00. The van der Waals surface area contributed by atoms with E-state index in [2.05, 4.69) is 6.92 Å². The van der Waals surface area contributed by atoms with Crippen molar-refractivity contribution in [3.05, 3.63) is 33.9 Å². The Labute approximate surface area is 98.8 Å². The standard InChI is InChI=1S/C11H15NO3S/c1-2-3-6-16-8-9-7-10(12(14)15)4-5-11(9)13/h4-5,7,13H,2-3,6,8H2,1H3. The van der Waals surface area contributed by atoms with E-state index in [0.29, 0.717) is 11.3 Å². The molecule has 0 radical (unpaired) electrons. The summed E-state index contributed by atoms with van der Waals surface area (Å²) in [6.07, 6.45) is 2.26. The van der Waals surface area contributed by atoms with Crippen LogP contribution < -0.4 is 0 Å². The summed E-state index contributed by atoms with van der Waals surface area (Å²) in [5.41, 5.74) is 0.666. The predicted octanol–water partition coefficient (Wildman–Crippen LogP) is 3.33. The molecule has 0 bridgehead atoms. The lowest BCUT2D eigenvalue weighted by atomic mass is 10.2. The van der Waals surface area contributed by atoms with Crippen molar-refractivity contribution >= 4 is 17.4 Å². The third kappa shape index (κ3) is 3.73. The highest BCUT2D eigenvalue weighted by Crippen LogP contribution is 2.26. The van der Waals surface area contributed by atoms with E-state index in [1.54, 1.807) is 11.8 Å². The van der Waals surface area contributed by atoms with Crippen molar-refractivity contribution in [1.29, 1.82) is 0 Å². The van der Waals surface area contributed by atoms with Gasteiger partial charge in [0.1, 0.15) is 5.75 Å². The van der Waals surface area contributed by atoms with E-state index in [1.165, 1.54) is 18.2 Å². The number of rotatable bonds is 6. The van der Waals surface area contributed by atoms with Gasteiger partial charge in [0.15, 0.2) is 0 Å². The Hall–Kier alpha value is -1.23. The molecule has 0 amide bonds. The van der Waals surface area contributed by atoms with Gasteiger partial charge in [-0.1, -0.05) is 13.3 Å². The molecule has 1 aromatic carbocycles. The molecule has 0 heterocycles. The first-order valence-electron chi connectivity index (χ1n) is 5.19. The third-order valence-corrected chi connectivity index (χ3v) is 3.27. The van der Waals surface area contributed by atoms with Gasteiger partial charge in [-0.05, 0) is 18.2 Å². The zero-order chi connectivity index (χ0) is 12.0. The summed E-state index contributed by atoms with van der Waals surface area (Å²) in [6.45, 7) is 2.12. The fourth-order valence-corrected chi connectivity index (χ4v) is 2.32. The lowest BCUT2D eigenvalue weighted by molar-refractivity contribution is -0.384. The summed E-state index contributed by atoms with van der Waals surface area (Å²) < 4.78 is 0. The van der Waals surface area contributed by atoms with Gasteiger partial charge < -0.3 is 5.11 Å². The van der Waals surface area contributed by atoms with Crippen LogP contribution in [0.1, 0.15) is 25.3 Å². The summed E-state index contributed by atoms with van der Waals surface area (Å²) in [4.78, 5) is 10.1. The summed E-state index contributed by atoms with van der Waals surface area (Å²) in [7, 11) is 0. The number of phenolic OH excluding ortho intramolecular Hbond substituents is 1. The number of non-ortho nitro benzene ring substituents is 1. The maximum atomic E-state index is 10.6. The molecule has 0 spiro atoms. The maximum absolute atomic E-state index is 10.6. The van der Waals surface area contributed by atoms with Crippen molar-refractivity contribution in [2.45, 2.75) is 25.5 Å². The number of nitro benzene ring substituents is 1. The van der Waals surface area contributed by atoms with Crippen LogP contribution in [0.4, 0.5) is 5.69 Å². The van der Waals surface area contributed by atoms with E-state index in [1.807, 2.05) is 0 Å². The number of hydrogen-bond acceptors (Lipinski definition) is 4. The van der Waals surface area contributed by atoms with Gasteiger partial charge in [0.05, 0.1) is 4.92 Å². The van der Waals surface area contributed by atoms with Gasteiger partial charge >= 0.3 is 0 Å². The minimum absolute atomic E-state index is 0.0314. The molecule has 1 N–H and O–H groups in total. The van der Waals surface area contributed by atoms with Crippen LogP contribution in [0.5, 0.6) is 5.75 Å².